The van der Waals surface area contributed by atoms with Gasteiger partial charge in [-0.25, -0.2) is 9.97 Å². The lowest BCUT2D eigenvalue weighted by molar-refractivity contribution is -0.132. The van der Waals surface area contributed by atoms with E-state index in [4.69, 9.17) is 10.5 Å². The number of carbonyl (C=O) groups excluding carboxylic acids is 2. The monoisotopic (exact) mass is 312 g/mol. The highest BCUT2D eigenvalue weighted by Crippen LogP contribution is 2.46. The van der Waals surface area contributed by atoms with Crippen molar-refractivity contribution in [3.63, 3.8) is 0 Å². The number of hydrogen-bond acceptors (Lipinski definition) is 5. The topological polar surface area (TPSA) is 107 Å². The molecule has 1 aliphatic carbocycles. The number of nitrogens with one attached hydrogen (secondary N) is 1. The Morgan fingerprint density at radius 1 is 1.26 bits per heavy atom. The Kier molecular flexibility index (Phi) is 3.69. The summed E-state index contributed by atoms with van der Waals surface area (Å²) in [5.74, 6) is -0.0404. The van der Waals surface area contributed by atoms with E-state index >= 15 is 0 Å². The predicted molar refractivity (Wildman–Crippen MR) is 83.5 cm³/mol. The maximum atomic E-state index is 12.2. The van der Waals surface area contributed by atoms with Crippen LogP contribution in [0.5, 0.6) is 5.75 Å². The molecule has 23 heavy (non-hydrogen) atoms. The first kappa shape index (κ1) is 15.0. The number of anilines is 1. The Balaban J connectivity index is 1.86. The summed E-state index contributed by atoms with van der Waals surface area (Å²) in [6, 6.07) is 9.04. The van der Waals surface area contributed by atoms with Crippen molar-refractivity contribution in [2.24, 2.45) is 11.1 Å². The van der Waals surface area contributed by atoms with Gasteiger partial charge in [-0.2, -0.15) is 0 Å². The molecule has 0 radical (unpaired) electrons. The second-order valence-corrected chi connectivity index (χ2v) is 5.39. The molecule has 1 aliphatic rings. The van der Waals surface area contributed by atoms with Gasteiger partial charge < -0.3 is 15.8 Å². The van der Waals surface area contributed by atoms with E-state index in [1.54, 1.807) is 13.2 Å². The minimum Gasteiger partial charge on any atom is -0.496 e. The van der Waals surface area contributed by atoms with Gasteiger partial charge in [-0.3, -0.25) is 9.59 Å². The zero-order chi connectivity index (χ0) is 16.4. The van der Waals surface area contributed by atoms with Gasteiger partial charge in [-0.1, -0.05) is 12.1 Å². The number of aromatic nitrogens is 2. The molecular formula is C16H16N4O3. The van der Waals surface area contributed by atoms with E-state index in [0.717, 1.165) is 5.56 Å². The maximum absolute atomic E-state index is 12.2. The second kappa shape index (κ2) is 5.68. The van der Waals surface area contributed by atoms with Crippen molar-refractivity contribution in [2.75, 3.05) is 12.4 Å². The summed E-state index contributed by atoms with van der Waals surface area (Å²) in [5, 5.41) is 2.64. The van der Waals surface area contributed by atoms with Crippen molar-refractivity contribution in [1.82, 2.24) is 9.97 Å². The average Bonchev–Trinajstić information content (AvgIpc) is 3.37. The van der Waals surface area contributed by atoms with Gasteiger partial charge in [0.15, 0.2) is 0 Å². The first-order chi connectivity index (χ1) is 11.1. The van der Waals surface area contributed by atoms with Crippen LogP contribution in [0.25, 0.3) is 11.3 Å². The third-order valence-electron chi connectivity index (χ3n) is 3.95. The van der Waals surface area contributed by atoms with E-state index in [0.29, 0.717) is 30.1 Å². The molecular weight excluding hydrogens is 296 g/mol. The number of amides is 2. The molecule has 0 spiro atoms. The maximum Gasteiger partial charge on any atom is 0.241 e. The predicted octanol–water partition coefficient (Wildman–Crippen LogP) is 1.36. The Labute approximate surface area is 132 Å². The zero-order valence-electron chi connectivity index (χ0n) is 12.6. The van der Waals surface area contributed by atoms with Crippen molar-refractivity contribution in [1.29, 1.82) is 0 Å². The molecule has 3 N–H and O–H groups in total. The molecule has 2 amide bonds. The zero-order valence-corrected chi connectivity index (χ0v) is 12.6. The Bertz CT molecular complexity index is 771. The molecule has 7 nitrogen and oxygen atoms in total. The largest absolute Gasteiger partial charge is 0.496 e. The lowest BCUT2D eigenvalue weighted by Gasteiger charge is -2.12. The van der Waals surface area contributed by atoms with Crippen LogP contribution in [-0.2, 0) is 9.59 Å². The number of rotatable bonds is 5. The molecule has 0 saturated heterocycles. The highest BCUT2D eigenvalue weighted by molar-refractivity contribution is 6.12. The van der Waals surface area contributed by atoms with Crippen molar-refractivity contribution in [2.45, 2.75) is 12.8 Å². The fourth-order valence-corrected chi connectivity index (χ4v) is 2.38. The van der Waals surface area contributed by atoms with Crippen LogP contribution >= 0.6 is 0 Å². The van der Waals surface area contributed by atoms with E-state index in [1.807, 2.05) is 24.3 Å². The number of benzene rings is 1. The summed E-state index contributed by atoms with van der Waals surface area (Å²) in [5.41, 5.74) is 5.60. The molecule has 0 unspecified atom stereocenters. The summed E-state index contributed by atoms with van der Waals surface area (Å²) in [4.78, 5) is 31.8. The summed E-state index contributed by atoms with van der Waals surface area (Å²) in [6.45, 7) is 0. The van der Waals surface area contributed by atoms with Crippen LogP contribution in [0.4, 0.5) is 5.82 Å². The number of methoxy groups -OCH3 is 1. The SMILES string of the molecule is COc1ccccc1-c1cc(NC(=O)C2(C(N)=O)CC2)ncn1. The number of carbonyl (C=O) groups is 2. The molecule has 1 aromatic heterocycles. The van der Waals surface area contributed by atoms with Crippen LogP contribution in [0.1, 0.15) is 12.8 Å². The standard InChI is InChI=1S/C16H16N4O3/c1-23-12-5-3-2-4-10(12)11-8-13(19-9-18-11)20-15(22)16(6-7-16)14(17)21/h2-5,8-9H,6-7H2,1H3,(H2,17,21)(H,18,19,20,22). The summed E-state index contributed by atoms with van der Waals surface area (Å²) < 4.78 is 5.31. The van der Waals surface area contributed by atoms with Gasteiger partial charge >= 0.3 is 0 Å². The fraction of sp³-hybridized carbons (Fsp3) is 0.250. The van der Waals surface area contributed by atoms with Crippen LogP contribution in [0, 0.1) is 5.41 Å². The highest BCUT2D eigenvalue weighted by Gasteiger charge is 2.55. The smallest absolute Gasteiger partial charge is 0.241 e. The van der Waals surface area contributed by atoms with E-state index in [1.165, 1.54) is 6.33 Å². The third-order valence-corrected chi connectivity index (χ3v) is 3.95. The van der Waals surface area contributed by atoms with Crippen LogP contribution in [0.2, 0.25) is 0 Å². The molecule has 1 aromatic carbocycles. The minimum absolute atomic E-state index is 0.318. The molecule has 1 fully saturated rings. The van der Waals surface area contributed by atoms with Crippen LogP contribution < -0.4 is 15.8 Å². The number of nitrogens with zero attached hydrogens (tertiary/aromatic N) is 2. The van der Waals surface area contributed by atoms with E-state index in [-0.39, 0.29) is 0 Å². The average molecular weight is 312 g/mol. The van der Waals surface area contributed by atoms with Gasteiger partial charge in [0.1, 0.15) is 23.3 Å². The Morgan fingerprint density at radius 2 is 2.00 bits per heavy atom. The highest BCUT2D eigenvalue weighted by atomic mass is 16.5. The summed E-state index contributed by atoms with van der Waals surface area (Å²) in [7, 11) is 1.58. The number of nitrogens with two attached hydrogens (primary N) is 1. The van der Waals surface area contributed by atoms with Gasteiger partial charge in [0, 0.05) is 11.6 Å². The fourth-order valence-electron chi connectivity index (χ4n) is 2.38. The first-order valence-electron chi connectivity index (χ1n) is 7.13. The number of ether oxygens (including phenoxy) is 1. The lowest BCUT2D eigenvalue weighted by Crippen LogP contribution is -2.36. The van der Waals surface area contributed by atoms with Gasteiger partial charge in [-0.05, 0) is 25.0 Å². The van der Waals surface area contributed by atoms with Gasteiger partial charge in [0.25, 0.3) is 0 Å². The molecule has 1 heterocycles. The molecule has 118 valence electrons. The molecule has 2 aromatic rings. The second-order valence-electron chi connectivity index (χ2n) is 5.39. The number of hydrogen-bond donors (Lipinski definition) is 2. The van der Waals surface area contributed by atoms with E-state index in [9.17, 15) is 9.59 Å². The Hall–Kier alpha value is -2.96. The van der Waals surface area contributed by atoms with Gasteiger partial charge in [-0.15, -0.1) is 0 Å². The first-order valence-corrected chi connectivity index (χ1v) is 7.13. The summed E-state index contributed by atoms with van der Waals surface area (Å²) in [6.07, 6.45) is 2.29. The Morgan fingerprint density at radius 3 is 2.65 bits per heavy atom. The molecule has 0 atom stereocenters. The molecule has 0 bridgehead atoms. The van der Waals surface area contributed by atoms with Gasteiger partial charge in [0.05, 0.1) is 12.8 Å². The van der Waals surface area contributed by atoms with Crippen molar-refractivity contribution in [3.8, 4) is 17.0 Å². The van der Waals surface area contributed by atoms with Gasteiger partial charge in [0.2, 0.25) is 11.8 Å². The van der Waals surface area contributed by atoms with Crippen LogP contribution in [-0.4, -0.2) is 28.9 Å². The molecule has 1 saturated carbocycles. The van der Waals surface area contributed by atoms with E-state index in [2.05, 4.69) is 15.3 Å². The van der Waals surface area contributed by atoms with Crippen LogP contribution in [0.3, 0.4) is 0 Å². The molecule has 3 rings (SSSR count). The normalized spacial score (nSPS) is 14.8. The quantitative estimate of drug-likeness (QED) is 0.810. The minimum atomic E-state index is -1.09. The van der Waals surface area contributed by atoms with Crippen molar-refractivity contribution >= 4 is 17.6 Å². The molecule has 0 aliphatic heterocycles. The van der Waals surface area contributed by atoms with Crippen molar-refractivity contribution < 1.29 is 14.3 Å². The number of primary amides is 1. The molecule has 7 heteroatoms. The number of para-hydroxylation sites is 1. The van der Waals surface area contributed by atoms with E-state index < -0.39 is 17.2 Å². The lowest BCUT2D eigenvalue weighted by atomic mass is 10.1. The van der Waals surface area contributed by atoms with Crippen molar-refractivity contribution in [3.05, 3.63) is 36.7 Å². The van der Waals surface area contributed by atoms with Crippen LogP contribution in [0.15, 0.2) is 36.7 Å². The summed E-state index contributed by atoms with van der Waals surface area (Å²) >= 11 is 0. The third kappa shape index (κ3) is 2.73.